The molecule has 1 rings (SSSR count). The van der Waals surface area contributed by atoms with Crippen LogP contribution >= 0.6 is 0 Å². The molecule has 0 aromatic heterocycles. The normalized spacial score (nSPS) is 10.9. The van der Waals surface area contributed by atoms with Gasteiger partial charge >= 0.3 is 6.09 Å². The van der Waals surface area contributed by atoms with Crippen molar-refractivity contribution in [2.24, 2.45) is 0 Å². The van der Waals surface area contributed by atoms with Gasteiger partial charge in [-0.05, 0) is 44.9 Å². The third-order valence-corrected chi connectivity index (χ3v) is 2.62. The molecule has 1 aromatic carbocycles. The lowest BCUT2D eigenvalue weighted by atomic mass is 10.1. The number of rotatable bonds is 5. The van der Waals surface area contributed by atoms with Crippen LogP contribution in [0.1, 0.15) is 26.3 Å². The summed E-state index contributed by atoms with van der Waals surface area (Å²) >= 11 is 0. The molecule has 0 unspecified atom stereocenters. The highest BCUT2D eigenvalue weighted by Gasteiger charge is 2.21. The number of nitrogens with zero attached hydrogens (tertiary/aromatic N) is 1. The lowest BCUT2D eigenvalue weighted by Gasteiger charge is -2.26. The van der Waals surface area contributed by atoms with Gasteiger partial charge in [0.05, 0.1) is 0 Å². The molecular formula is C16H24N2O2. The monoisotopic (exact) mass is 276 g/mol. The summed E-state index contributed by atoms with van der Waals surface area (Å²) < 4.78 is 5.38. The molecule has 1 aromatic rings. The highest BCUT2D eigenvalue weighted by molar-refractivity contribution is 5.68. The molecule has 0 heterocycles. The average Bonchev–Trinajstić information content (AvgIpc) is 2.32. The summed E-state index contributed by atoms with van der Waals surface area (Å²) in [4.78, 5) is 13.7. The largest absolute Gasteiger partial charge is 0.444 e. The lowest BCUT2D eigenvalue weighted by molar-refractivity contribution is 0.0274. The van der Waals surface area contributed by atoms with Gasteiger partial charge in [0.25, 0.3) is 0 Å². The van der Waals surface area contributed by atoms with Gasteiger partial charge in [-0.2, -0.15) is 0 Å². The first-order chi connectivity index (χ1) is 9.31. The van der Waals surface area contributed by atoms with Crippen molar-refractivity contribution in [1.82, 2.24) is 4.90 Å². The van der Waals surface area contributed by atoms with Crippen LogP contribution in [0.4, 0.5) is 10.5 Å². The summed E-state index contributed by atoms with van der Waals surface area (Å²) in [6.07, 6.45) is 2.11. The van der Waals surface area contributed by atoms with Crippen LogP contribution in [0.2, 0.25) is 0 Å². The van der Waals surface area contributed by atoms with E-state index < -0.39 is 5.60 Å². The predicted molar refractivity (Wildman–Crippen MR) is 82.6 cm³/mol. The number of carbonyl (C=O) groups is 1. The van der Waals surface area contributed by atoms with Gasteiger partial charge in [0.1, 0.15) is 5.60 Å². The third-order valence-electron chi connectivity index (χ3n) is 2.62. The number of nitrogen functional groups attached to an aromatic ring is 1. The highest BCUT2D eigenvalue weighted by atomic mass is 16.6. The molecule has 20 heavy (non-hydrogen) atoms. The Kier molecular flexibility index (Phi) is 5.62. The molecule has 0 spiro atoms. The van der Waals surface area contributed by atoms with Crippen LogP contribution in [0.15, 0.2) is 36.9 Å². The van der Waals surface area contributed by atoms with Gasteiger partial charge < -0.3 is 15.4 Å². The summed E-state index contributed by atoms with van der Waals surface area (Å²) in [6.45, 7) is 10.3. The van der Waals surface area contributed by atoms with Crippen LogP contribution in [-0.2, 0) is 11.2 Å². The second-order valence-corrected chi connectivity index (χ2v) is 5.71. The van der Waals surface area contributed by atoms with Gasteiger partial charge in [0.2, 0.25) is 0 Å². The maximum Gasteiger partial charge on any atom is 0.410 e. The smallest absolute Gasteiger partial charge is 0.410 e. The number of carbonyl (C=O) groups excluding carboxylic acids is 1. The molecule has 1 amide bonds. The predicted octanol–water partition coefficient (Wildman–Crippen LogP) is 3.23. The molecule has 0 saturated heterocycles. The Labute approximate surface area is 121 Å². The Hall–Kier alpha value is -1.97. The van der Waals surface area contributed by atoms with Gasteiger partial charge in [0.15, 0.2) is 0 Å². The fourth-order valence-corrected chi connectivity index (χ4v) is 1.75. The Morgan fingerprint density at radius 2 is 2.15 bits per heavy atom. The molecule has 0 atom stereocenters. The molecule has 0 bridgehead atoms. The number of ether oxygens (including phenoxy) is 1. The van der Waals surface area contributed by atoms with Gasteiger partial charge in [-0.25, -0.2) is 4.79 Å². The van der Waals surface area contributed by atoms with E-state index in [0.717, 1.165) is 17.7 Å². The number of hydrogen-bond donors (Lipinski definition) is 1. The molecule has 4 nitrogen and oxygen atoms in total. The standard InChI is InChI=1S/C16H24N2O2/c1-5-10-18(15(19)20-16(2,3)4)11-9-13-7-6-8-14(17)12-13/h5-8,12H,1,9-11,17H2,2-4H3. The summed E-state index contributed by atoms with van der Waals surface area (Å²) in [5.74, 6) is 0. The second-order valence-electron chi connectivity index (χ2n) is 5.71. The first kappa shape index (κ1) is 16.1. The van der Waals surface area contributed by atoms with E-state index in [-0.39, 0.29) is 6.09 Å². The van der Waals surface area contributed by atoms with Crippen LogP contribution in [0.25, 0.3) is 0 Å². The number of nitrogens with two attached hydrogens (primary N) is 1. The molecule has 0 radical (unpaired) electrons. The van der Waals surface area contributed by atoms with Crippen molar-refractivity contribution in [1.29, 1.82) is 0 Å². The zero-order valence-electron chi connectivity index (χ0n) is 12.6. The lowest BCUT2D eigenvalue weighted by Crippen LogP contribution is -2.38. The first-order valence-corrected chi connectivity index (χ1v) is 6.75. The summed E-state index contributed by atoms with van der Waals surface area (Å²) in [7, 11) is 0. The second kappa shape index (κ2) is 6.98. The number of anilines is 1. The van der Waals surface area contributed by atoms with Crippen LogP contribution < -0.4 is 5.73 Å². The third kappa shape index (κ3) is 5.78. The maximum absolute atomic E-state index is 12.1. The van der Waals surface area contributed by atoms with Crippen molar-refractivity contribution in [2.45, 2.75) is 32.8 Å². The number of hydrogen-bond acceptors (Lipinski definition) is 3. The maximum atomic E-state index is 12.1. The Bertz CT molecular complexity index is 464. The minimum absolute atomic E-state index is 0.318. The van der Waals surface area contributed by atoms with Crippen molar-refractivity contribution in [2.75, 3.05) is 18.8 Å². The molecular weight excluding hydrogens is 252 g/mol. The van der Waals surface area contributed by atoms with Crippen molar-refractivity contribution in [3.8, 4) is 0 Å². The van der Waals surface area contributed by atoms with Gasteiger partial charge in [-0.3, -0.25) is 0 Å². The van der Waals surface area contributed by atoms with Gasteiger partial charge in [-0.15, -0.1) is 6.58 Å². The molecule has 0 aliphatic carbocycles. The summed E-state index contributed by atoms with van der Waals surface area (Å²) in [5.41, 5.74) is 7.08. The van der Waals surface area contributed by atoms with Crippen LogP contribution in [0, 0.1) is 0 Å². The quantitative estimate of drug-likeness (QED) is 0.663. The summed E-state index contributed by atoms with van der Waals surface area (Å²) in [5, 5.41) is 0. The van der Waals surface area contributed by atoms with E-state index in [0.29, 0.717) is 13.1 Å². The molecule has 110 valence electrons. The Morgan fingerprint density at radius 1 is 1.45 bits per heavy atom. The number of benzene rings is 1. The van der Waals surface area contributed by atoms with E-state index in [4.69, 9.17) is 10.5 Å². The average molecular weight is 276 g/mol. The fraction of sp³-hybridized carbons (Fsp3) is 0.438. The highest BCUT2D eigenvalue weighted by Crippen LogP contribution is 2.12. The molecule has 0 fully saturated rings. The minimum atomic E-state index is -0.492. The van der Waals surface area contributed by atoms with Crippen LogP contribution in [0.5, 0.6) is 0 Å². The molecule has 0 saturated carbocycles. The zero-order valence-corrected chi connectivity index (χ0v) is 12.6. The fourth-order valence-electron chi connectivity index (χ4n) is 1.75. The van der Waals surface area contributed by atoms with Crippen molar-refractivity contribution < 1.29 is 9.53 Å². The minimum Gasteiger partial charge on any atom is -0.444 e. The van der Waals surface area contributed by atoms with Crippen molar-refractivity contribution in [3.63, 3.8) is 0 Å². The van der Waals surface area contributed by atoms with Crippen molar-refractivity contribution in [3.05, 3.63) is 42.5 Å². The van der Waals surface area contributed by atoms with Gasteiger partial charge in [-0.1, -0.05) is 18.2 Å². The topological polar surface area (TPSA) is 55.6 Å². The Morgan fingerprint density at radius 3 is 2.70 bits per heavy atom. The zero-order chi connectivity index (χ0) is 15.2. The SMILES string of the molecule is C=CCN(CCc1cccc(N)c1)C(=O)OC(C)(C)C. The van der Waals surface area contributed by atoms with E-state index in [9.17, 15) is 4.79 Å². The van der Waals surface area contributed by atoms with Crippen LogP contribution in [0.3, 0.4) is 0 Å². The van der Waals surface area contributed by atoms with Gasteiger partial charge in [0, 0.05) is 18.8 Å². The first-order valence-electron chi connectivity index (χ1n) is 6.75. The van der Waals surface area contributed by atoms with E-state index in [1.165, 1.54) is 0 Å². The molecule has 2 N–H and O–H groups in total. The number of amides is 1. The summed E-state index contributed by atoms with van der Waals surface area (Å²) in [6, 6.07) is 7.67. The van der Waals surface area contributed by atoms with E-state index in [2.05, 4.69) is 6.58 Å². The molecule has 4 heteroatoms. The molecule has 0 aliphatic rings. The van der Waals surface area contributed by atoms with E-state index in [1.54, 1.807) is 11.0 Å². The van der Waals surface area contributed by atoms with Crippen LogP contribution in [-0.4, -0.2) is 29.7 Å². The Balaban J connectivity index is 2.63. The van der Waals surface area contributed by atoms with Crippen molar-refractivity contribution >= 4 is 11.8 Å². The van der Waals surface area contributed by atoms with E-state index in [1.807, 2.05) is 45.0 Å². The van der Waals surface area contributed by atoms with E-state index >= 15 is 0 Å². The molecule has 0 aliphatic heterocycles.